The highest BCUT2D eigenvalue weighted by atomic mass is 35.5. The number of aryl methyl sites for hydroxylation is 1. The lowest BCUT2D eigenvalue weighted by Gasteiger charge is -2.24. The highest BCUT2D eigenvalue weighted by Gasteiger charge is 2.17. The van der Waals surface area contributed by atoms with Crippen molar-refractivity contribution in [1.29, 1.82) is 0 Å². The highest BCUT2D eigenvalue weighted by molar-refractivity contribution is 6.31. The molecule has 0 aliphatic rings. The maximum atomic E-state index is 6.31. The predicted molar refractivity (Wildman–Crippen MR) is 76.7 cm³/mol. The van der Waals surface area contributed by atoms with Crippen molar-refractivity contribution in [1.82, 2.24) is 5.32 Å². The zero-order chi connectivity index (χ0) is 13.1. The van der Waals surface area contributed by atoms with E-state index in [0.29, 0.717) is 11.5 Å². The minimum atomic E-state index is 0.349. The summed E-state index contributed by atoms with van der Waals surface area (Å²) < 4.78 is 0. The highest BCUT2D eigenvalue weighted by Crippen LogP contribution is 2.31. The average molecular weight is 254 g/mol. The van der Waals surface area contributed by atoms with Crippen molar-refractivity contribution in [2.45, 2.75) is 46.6 Å². The van der Waals surface area contributed by atoms with Crippen LogP contribution in [0.1, 0.15) is 50.8 Å². The first-order valence-corrected chi connectivity index (χ1v) is 6.64. The van der Waals surface area contributed by atoms with Crippen LogP contribution in [0, 0.1) is 12.3 Å². The summed E-state index contributed by atoms with van der Waals surface area (Å²) in [6, 6.07) is 6.66. The first-order chi connectivity index (χ1) is 7.83. The molecular formula is C15H24ClN. The second-order valence-corrected chi connectivity index (χ2v) is 6.37. The van der Waals surface area contributed by atoms with Crippen molar-refractivity contribution >= 4 is 11.6 Å². The molecule has 1 unspecified atom stereocenters. The van der Waals surface area contributed by atoms with E-state index in [0.717, 1.165) is 11.4 Å². The average Bonchev–Trinajstić information content (AvgIpc) is 2.19. The molecule has 0 saturated carbocycles. The second-order valence-electron chi connectivity index (χ2n) is 5.97. The quantitative estimate of drug-likeness (QED) is 0.818. The van der Waals surface area contributed by atoms with Crippen LogP contribution in [0.3, 0.4) is 0 Å². The summed E-state index contributed by atoms with van der Waals surface area (Å²) in [5.41, 5.74) is 2.79. The summed E-state index contributed by atoms with van der Waals surface area (Å²) in [6.45, 7) is 8.89. The maximum Gasteiger partial charge on any atom is 0.0456 e. The molecule has 1 aromatic rings. The molecule has 96 valence electrons. The van der Waals surface area contributed by atoms with E-state index in [2.05, 4.69) is 45.1 Å². The van der Waals surface area contributed by atoms with Gasteiger partial charge in [0.25, 0.3) is 0 Å². The van der Waals surface area contributed by atoms with Crippen LogP contribution in [-0.2, 0) is 0 Å². The van der Waals surface area contributed by atoms with Gasteiger partial charge in [0.2, 0.25) is 0 Å². The monoisotopic (exact) mass is 253 g/mol. The summed E-state index contributed by atoms with van der Waals surface area (Å²) in [4.78, 5) is 0. The van der Waals surface area contributed by atoms with Crippen molar-refractivity contribution in [3.63, 3.8) is 0 Å². The predicted octanol–water partition coefficient (Wildman–Crippen LogP) is 4.74. The molecule has 0 bridgehead atoms. The Labute approximate surface area is 111 Å². The van der Waals surface area contributed by atoms with Gasteiger partial charge in [0, 0.05) is 11.1 Å². The van der Waals surface area contributed by atoms with Gasteiger partial charge in [-0.2, -0.15) is 0 Å². The minimum absolute atomic E-state index is 0.349. The summed E-state index contributed by atoms with van der Waals surface area (Å²) >= 11 is 6.31. The van der Waals surface area contributed by atoms with Crippen LogP contribution in [0.4, 0.5) is 0 Å². The van der Waals surface area contributed by atoms with E-state index in [1.807, 2.05) is 13.1 Å². The zero-order valence-electron chi connectivity index (χ0n) is 11.6. The molecule has 0 heterocycles. The molecule has 0 radical (unpaired) electrons. The number of nitrogens with one attached hydrogen (secondary N) is 1. The lowest BCUT2D eigenvalue weighted by Crippen LogP contribution is -2.19. The fourth-order valence-corrected chi connectivity index (χ4v) is 2.31. The van der Waals surface area contributed by atoms with Crippen molar-refractivity contribution in [3.05, 3.63) is 34.3 Å². The summed E-state index contributed by atoms with van der Waals surface area (Å²) in [5, 5.41) is 4.24. The van der Waals surface area contributed by atoms with Crippen molar-refractivity contribution < 1.29 is 0 Å². The summed E-state index contributed by atoms with van der Waals surface area (Å²) in [7, 11) is 2.00. The van der Waals surface area contributed by atoms with Gasteiger partial charge in [-0.15, -0.1) is 0 Å². The largest absolute Gasteiger partial charge is 0.313 e. The Morgan fingerprint density at radius 2 is 1.94 bits per heavy atom. The number of rotatable bonds is 4. The number of halogens is 1. The Hall–Kier alpha value is -0.530. The smallest absolute Gasteiger partial charge is 0.0456 e. The molecule has 0 aliphatic carbocycles. The van der Waals surface area contributed by atoms with E-state index >= 15 is 0 Å². The van der Waals surface area contributed by atoms with Gasteiger partial charge in [-0.05, 0) is 49.4 Å². The lowest BCUT2D eigenvalue weighted by molar-refractivity contribution is 0.338. The molecule has 0 saturated heterocycles. The standard InChI is InChI=1S/C15H24ClN/c1-11-6-7-12(13(16)10-11)14(17-5)8-9-15(2,3)4/h6-7,10,14,17H,8-9H2,1-5H3. The Bertz CT molecular complexity index is 366. The lowest BCUT2D eigenvalue weighted by atomic mass is 9.87. The van der Waals surface area contributed by atoms with Gasteiger partial charge in [0.1, 0.15) is 0 Å². The van der Waals surface area contributed by atoms with E-state index < -0.39 is 0 Å². The van der Waals surface area contributed by atoms with Crippen LogP contribution >= 0.6 is 11.6 Å². The van der Waals surface area contributed by atoms with Crippen LogP contribution < -0.4 is 5.32 Å². The van der Waals surface area contributed by atoms with Crippen molar-refractivity contribution in [2.75, 3.05) is 7.05 Å². The van der Waals surface area contributed by atoms with E-state index in [9.17, 15) is 0 Å². The second kappa shape index (κ2) is 5.88. The first kappa shape index (κ1) is 14.5. The third-order valence-corrected chi connectivity index (χ3v) is 3.39. The fourth-order valence-electron chi connectivity index (χ4n) is 1.95. The molecule has 1 rings (SSSR count). The zero-order valence-corrected chi connectivity index (χ0v) is 12.4. The van der Waals surface area contributed by atoms with Crippen LogP contribution in [0.2, 0.25) is 5.02 Å². The molecule has 0 aliphatic heterocycles. The van der Waals surface area contributed by atoms with E-state index in [-0.39, 0.29) is 0 Å². The number of hydrogen-bond acceptors (Lipinski definition) is 1. The van der Waals surface area contributed by atoms with E-state index in [4.69, 9.17) is 11.6 Å². The van der Waals surface area contributed by atoms with Crippen molar-refractivity contribution in [2.24, 2.45) is 5.41 Å². The molecule has 1 atom stereocenters. The molecule has 17 heavy (non-hydrogen) atoms. The number of hydrogen-bond donors (Lipinski definition) is 1. The third kappa shape index (κ3) is 4.69. The molecule has 1 aromatic carbocycles. The fraction of sp³-hybridized carbons (Fsp3) is 0.600. The van der Waals surface area contributed by atoms with Gasteiger partial charge in [0.05, 0.1) is 0 Å². The van der Waals surface area contributed by atoms with Gasteiger partial charge < -0.3 is 5.32 Å². The summed E-state index contributed by atoms with van der Waals surface area (Å²) in [6.07, 6.45) is 2.30. The first-order valence-electron chi connectivity index (χ1n) is 6.27. The molecule has 0 aromatic heterocycles. The minimum Gasteiger partial charge on any atom is -0.313 e. The van der Waals surface area contributed by atoms with Crippen LogP contribution in [0.15, 0.2) is 18.2 Å². The topological polar surface area (TPSA) is 12.0 Å². The third-order valence-electron chi connectivity index (χ3n) is 3.06. The van der Waals surface area contributed by atoms with E-state index in [1.165, 1.54) is 17.5 Å². The Morgan fingerprint density at radius 3 is 2.41 bits per heavy atom. The molecule has 1 nitrogen and oxygen atoms in total. The maximum absolute atomic E-state index is 6.31. The number of benzene rings is 1. The van der Waals surface area contributed by atoms with Crippen LogP contribution in [0.5, 0.6) is 0 Å². The van der Waals surface area contributed by atoms with Gasteiger partial charge in [-0.1, -0.05) is 44.5 Å². The van der Waals surface area contributed by atoms with Crippen LogP contribution in [-0.4, -0.2) is 7.05 Å². The van der Waals surface area contributed by atoms with Gasteiger partial charge in [-0.3, -0.25) is 0 Å². The van der Waals surface area contributed by atoms with Gasteiger partial charge in [0.15, 0.2) is 0 Å². The molecule has 1 N–H and O–H groups in total. The molecule has 0 amide bonds. The van der Waals surface area contributed by atoms with Gasteiger partial charge >= 0.3 is 0 Å². The molecule has 0 spiro atoms. The Balaban J connectivity index is 2.79. The molecule has 0 fully saturated rings. The van der Waals surface area contributed by atoms with E-state index in [1.54, 1.807) is 0 Å². The Kier molecular flexibility index (Phi) is 5.03. The summed E-state index contributed by atoms with van der Waals surface area (Å²) in [5.74, 6) is 0. The SMILES string of the molecule is CNC(CCC(C)(C)C)c1ccc(C)cc1Cl. The molecule has 2 heteroatoms. The Morgan fingerprint density at radius 1 is 1.29 bits per heavy atom. The normalized spacial score (nSPS) is 13.8. The molecular weight excluding hydrogens is 230 g/mol. The van der Waals surface area contributed by atoms with Crippen LogP contribution in [0.25, 0.3) is 0 Å². The van der Waals surface area contributed by atoms with Gasteiger partial charge in [-0.25, -0.2) is 0 Å². The van der Waals surface area contributed by atoms with Crippen molar-refractivity contribution in [3.8, 4) is 0 Å².